The topological polar surface area (TPSA) is 38.0 Å². The van der Waals surface area contributed by atoms with Crippen molar-refractivity contribution in [1.29, 1.82) is 0 Å². The summed E-state index contributed by atoms with van der Waals surface area (Å²) in [6, 6.07) is 0. The molecule has 0 spiro atoms. The van der Waals surface area contributed by atoms with Gasteiger partial charge in [0.05, 0.1) is 18.6 Å². The highest BCUT2D eigenvalue weighted by molar-refractivity contribution is 5.24. The van der Waals surface area contributed by atoms with Crippen molar-refractivity contribution in [2.45, 2.75) is 52.5 Å². The minimum Gasteiger partial charge on any atom is -0.395 e. The SMILES string of the molecule is CC(C)c1c(C(C)(C)C)ncn1CCO. The average molecular weight is 210 g/mol. The molecule has 0 saturated heterocycles. The van der Waals surface area contributed by atoms with Crippen LogP contribution in [0.15, 0.2) is 6.33 Å². The molecular weight excluding hydrogens is 188 g/mol. The molecule has 1 aromatic rings. The van der Waals surface area contributed by atoms with E-state index in [1.54, 1.807) is 0 Å². The number of hydrogen-bond donors (Lipinski definition) is 1. The molecule has 1 aromatic heterocycles. The Hall–Kier alpha value is -0.830. The summed E-state index contributed by atoms with van der Waals surface area (Å²) in [6.45, 7) is 11.6. The smallest absolute Gasteiger partial charge is 0.0952 e. The second kappa shape index (κ2) is 4.35. The molecule has 0 aliphatic heterocycles. The lowest BCUT2D eigenvalue weighted by molar-refractivity contribution is 0.273. The number of aliphatic hydroxyl groups excluding tert-OH is 1. The van der Waals surface area contributed by atoms with Crippen LogP contribution in [-0.4, -0.2) is 21.3 Å². The van der Waals surface area contributed by atoms with E-state index in [1.807, 2.05) is 6.33 Å². The molecule has 1 N–H and O–H groups in total. The maximum Gasteiger partial charge on any atom is 0.0952 e. The lowest BCUT2D eigenvalue weighted by Crippen LogP contribution is -2.17. The molecule has 3 heteroatoms. The predicted octanol–water partition coefficient (Wildman–Crippen LogP) is 2.30. The van der Waals surface area contributed by atoms with Crippen LogP contribution in [0.25, 0.3) is 0 Å². The standard InChI is InChI=1S/C12H22N2O/c1-9(2)10-11(12(3,4)5)13-8-14(10)6-7-15/h8-9,15H,6-7H2,1-5H3. The van der Waals surface area contributed by atoms with E-state index in [2.05, 4.69) is 44.2 Å². The van der Waals surface area contributed by atoms with Gasteiger partial charge >= 0.3 is 0 Å². The minimum atomic E-state index is 0.0698. The summed E-state index contributed by atoms with van der Waals surface area (Å²) in [7, 11) is 0. The fraction of sp³-hybridized carbons (Fsp3) is 0.750. The van der Waals surface area contributed by atoms with Crippen LogP contribution in [0.3, 0.4) is 0 Å². The molecule has 0 aliphatic carbocycles. The molecule has 0 unspecified atom stereocenters. The molecule has 0 saturated carbocycles. The van der Waals surface area contributed by atoms with Crippen LogP contribution in [0, 0.1) is 0 Å². The van der Waals surface area contributed by atoms with Gasteiger partial charge in [0, 0.05) is 17.7 Å². The number of nitrogens with zero attached hydrogens (tertiary/aromatic N) is 2. The molecule has 1 heterocycles. The monoisotopic (exact) mass is 210 g/mol. The number of aromatic nitrogens is 2. The van der Waals surface area contributed by atoms with E-state index in [-0.39, 0.29) is 12.0 Å². The zero-order valence-corrected chi connectivity index (χ0v) is 10.4. The van der Waals surface area contributed by atoms with Crippen LogP contribution in [0.1, 0.15) is 51.9 Å². The molecule has 3 nitrogen and oxygen atoms in total. The van der Waals surface area contributed by atoms with Gasteiger partial charge in [-0.2, -0.15) is 0 Å². The van der Waals surface area contributed by atoms with Crippen molar-refractivity contribution in [2.24, 2.45) is 0 Å². The average Bonchev–Trinajstić information content (AvgIpc) is 2.47. The third kappa shape index (κ3) is 2.59. The van der Waals surface area contributed by atoms with Gasteiger partial charge in [-0.3, -0.25) is 0 Å². The van der Waals surface area contributed by atoms with Crippen molar-refractivity contribution in [3.63, 3.8) is 0 Å². The Labute approximate surface area is 92.1 Å². The number of rotatable bonds is 3. The van der Waals surface area contributed by atoms with Gasteiger partial charge in [0.15, 0.2) is 0 Å². The van der Waals surface area contributed by atoms with Crippen LogP contribution in [0.2, 0.25) is 0 Å². The summed E-state index contributed by atoms with van der Waals surface area (Å²) in [5.74, 6) is 0.438. The van der Waals surface area contributed by atoms with Crippen LogP contribution >= 0.6 is 0 Å². The van der Waals surface area contributed by atoms with E-state index in [1.165, 1.54) is 5.69 Å². The molecule has 0 fully saturated rings. The van der Waals surface area contributed by atoms with Gasteiger partial charge in [0.2, 0.25) is 0 Å². The Morgan fingerprint density at radius 1 is 1.40 bits per heavy atom. The van der Waals surface area contributed by atoms with Gasteiger partial charge < -0.3 is 9.67 Å². The summed E-state index contributed by atoms with van der Waals surface area (Å²) in [5.41, 5.74) is 2.46. The van der Waals surface area contributed by atoms with Gasteiger partial charge in [-0.15, -0.1) is 0 Å². The number of aliphatic hydroxyl groups is 1. The highest BCUT2D eigenvalue weighted by Crippen LogP contribution is 2.29. The molecule has 15 heavy (non-hydrogen) atoms. The van der Waals surface area contributed by atoms with E-state index < -0.39 is 0 Å². The first-order chi connectivity index (χ1) is 6.88. The Balaban J connectivity index is 3.18. The van der Waals surface area contributed by atoms with Gasteiger partial charge in [-0.05, 0) is 5.92 Å². The van der Waals surface area contributed by atoms with Crippen LogP contribution in [-0.2, 0) is 12.0 Å². The van der Waals surface area contributed by atoms with Gasteiger partial charge in [-0.25, -0.2) is 4.98 Å². The molecule has 1 rings (SSSR count). The third-order valence-corrected chi connectivity index (χ3v) is 2.48. The maximum absolute atomic E-state index is 8.99. The molecule has 0 radical (unpaired) electrons. The molecular formula is C12H22N2O. The van der Waals surface area contributed by atoms with Crippen LogP contribution < -0.4 is 0 Å². The summed E-state index contributed by atoms with van der Waals surface area (Å²) < 4.78 is 2.06. The van der Waals surface area contributed by atoms with Gasteiger partial charge in [0.25, 0.3) is 0 Å². The van der Waals surface area contributed by atoms with E-state index in [4.69, 9.17) is 5.11 Å². The molecule has 0 atom stereocenters. The second-order valence-corrected chi connectivity index (χ2v) is 5.30. The quantitative estimate of drug-likeness (QED) is 0.831. The Morgan fingerprint density at radius 2 is 2.00 bits per heavy atom. The lowest BCUT2D eigenvalue weighted by Gasteiger charge is -2.21. The van der Waals surface area contributed by atoms with Crippen molar-refractivity contribution in [1.82, 2.24) is 9.55 Å². The van der Waals surface area contributed by atoms with Crippen LogP contribution in [0.5, 0.6) is 0 Å². The third-order valence-electron chi connectivity index (χ3n) is 2.48. The highest BCUT2D eigenvalue weighted by atomic mass is 16.3. The van der Waals surface area contributed by atoms with Crippen molar-refractivity contribution in [3.05, 3.63) is 17.7 Å². The van der Waals surface area contributed by atoms with E-state index >= 15 is 0 Å². The molecule has 86 valence electrons. The zero-order chi connectivity index (χ0) is 11.6. The maximum atomic E-state index is 8.99. The van der Waals surface area contributed by atoms with Crippen molar-refractivity contribution in [3.8, 4) is 0 Å². The van der Waals surface area contributed by atoms with Crippen LogP contribution in [0.4, 0.5) is 0 Å². The highest BCUT2D eigenvalue weighted by Gasteiger charge is 2.24. The first-order valence-corrected chi connectivity index (χ1v) is 5.54. The van der Waals surface area contributed by atoms with Crippen molar-refractivity contribution >= 4 is 0 Å². The normalized spacial score (nSPS) is 12.5. The summed E-state index contributed by atoms with van der Waals surface area (Å²) in [4.78, 5) is 4.48. The fourth-order valence-corrected chi connectivity index (χ4v) is 1.86. The van der Waals surface area contributed by atoms with E-state index in [9.17, 15) is 0 Å². The second-order valence-electron chi connectivity index (χ2n) is 5.30. The first-order valence-electron chi connectivity index (χ1n) is 5.54. The summed E-state index contributed by atoms with van der Waals surface area (Å²) in [6.07, 6.45) is 1.84. The Kier molecular flexibility index (Phi) is 3.55. The zero-order valence-electron chi connectivity index (χ0n) is 10.4. The first kappa shape index (κ1) is 12.2. The minimum absolute atomic E-state index is 0.0698. The molecule has 0 amide bonds. The summed E-state index contributed by atoms with van der Waals surface area (Å²) >= 11 is 0. The summed E-state index contributed by atoms with van der Waals surface area (Å²) in [5, 5.41) is 8.99. The largest absolute Gasteiger partial charge is 0.395 e. The number of hydrogen-bond acceptors (Lipinski definition) is 2. The van der Waals surface area contributed by atoms with E-state index in [0.717, 1.165) is 5.69 Å². The molecule has 0 aromatic carbocycles. The van der Waals surface area contributed by atoms with E-state index in [0.29, 0.717) is 12.5 Å². The fourth-order valence-electron chi connectivity index (χ4n) is 1.86. The Morgan fingerprint density at radius 3 is 2.40 bits per heavy atom. The van der Waals surface area contributed by atoms with Gasteiger partial charge in [-0.1, -0.05) is 34.6 Å². The molecule has 0 aliphatic rings. The Bertz CT molecular complexity index is 321. The number of imidazole rings is 1. The molecule has 0 bridgehead atoms. The lowest BCUT2D eigenvalue weighted by atomic mass is 9.88. The van der Waals surface area contributed by atoms with Crippen molar-refractivity contribution < 1.29 is 5.11 Å². The van der Waals surface area contributed by atoms with Crippen molar-refractivity contribution in [2.75, 3.05) is 6.61 Å². The predicted molar refractivity (Wildman–Crippen MR) is 62.1 cm³/mol. The van der Waals surface area contributed by atoms with Gasteiger partial charge in [0.1, 0.15) is 0 Å².